The third kappa shape index (κ3) is 7.77. The van der Waals surface area contributed by atoms with E-state index in [0.29, 0.717) is 53.8 Å². The number of hydrogen-bond acceptors (Lipinski definition) is 6. The van der Waals surface area contributed by atoms with Crippen LogP contribution in [0.15, 0.2) is 59.4 Å². The number of ether oxygens (including phenoxy) is 2. The molecule has 1 aliphatic rings. The maximum Gasteiger partial charge on any atom is 0.325 e. The number of amides is 2. The van der Waals surface area contributed by atoms with Crippen molar-refractivity contribution in [2.24, 2.45) is 0 Å². The molecule has 2 aromatic heterocycles. The molecule has 0 atom stereocenters. The van der Waals surface area contributed by atoms with Crippen molar-refractivity contribution in [3.05, 3.63) is 70.1 Å². The molecular formula is C31H34ClN5O5. The van der Waals surface area contributed by atoms with Crippen LogP contribution in [0.4, 0.5) is 0 Å². The van der Waals surface area contributed by atoms with Gasteiger partial charge in [-0.05, 0) is 48.6 Å². The lowest BCUT2D eigenvalue weighted by Gasteiger charge is -2.26. The van der Waals surface area contributed by atoms with Gasteiger partial charge in [-0.2, -0.15) is 0 Å². The smallest absolute Gasteiger partial charge is 0.325 e. The van der Waals surface area contributed by atoms with E-state index in [1.54, 1.807) is 6.07 Å². The van der Waals surface area contributed by atoms with Gasteiger partial charge in [0.1, 0.15) is 12.4 Å². The summed E-state index contributed by atoms with van der Waals surface area (Å²) in [5.41, 5.74) is 4.16. The lowest BCUT2D eigenvalue weighted by molar-refractivity contribution is -0.133. The Labute approximate surface area is 248 Å². The number of likely N-dealkylation sites (tertiary alicyclic amines) is 1. The first kappa shape index (κ1) is 29.3. The molecule has 4 aromatic rings. The summed E-state index contributed by atoms with van der Waals surface area (Å²) < 4.78 is 11.2. The van der Waals surface area contributed by atoms with Crippen molar-refractivity contribution in [1.82, 2.24) is 25.2 Å². The molecule has 0 saturated carbocycles. The van der Waals surface area contributed by atoms with Crippen LogP contribution in [-0.4, -0.2) is 71.1 Å². The summed E-state index contributed by atoms with van der Waals surface area (Å²) in [5, 5.41) is 3.27. The number of pyridine rings is 1. The van der Waals surface area contributed by atoms with E-state index in [2.05, 4.69) is 20.3 Å². The number of hydrogen-bond donors (Lipinski definition) is 3. The van der Waals surface area contributed by atoms with E-state index in [9.17, 15) is 14.4 Å². The van der Waals surface area contributed by atoms with Crippen LogP contribution in [0.3, 0.4) is 0 Å². The Balaban J connectivity index is 1.00. The quantitative estimate of drug-likeness (QED) is 0.207. The fraction of sp³-hybridized carbons (Fsp3) is 0.355. The topological polar surface area (TPSA) is 129 Å². The minimum absolute atomic E-state index is 0.113. The van der Waals surface area contributed by atoms with Crippen LogP contribution in [0.5, 0.6) is 5.75 Å². The van der Waals surface area contributed by atoms with Gasteiger partial charge in [0.25, 0.3) is 0 Å². The first-order chi connectivity index (χ1) is 20.5. The summed E-state index contributed by atoms with van der Waals surface area (Å²) in [4.78, 5) is 47.4. The van der Waals surface area contributed by atoms with Gasteiger partial charge in [0.15, 0.2) is 5.65 Å². The van der Waals surface area contributed by atoms with Gasteiger partial charge in [-0.25, -0.2) is 9.78 Å². The molecule has 42 heavy (non-hydrogen) atoms. The van der Waals surface area contributed by atoms with Crippen molar-refractivity contribution >= 4 is 34.6 Å². The molecule has 10 nitrogen and oxygen atoms in total. The number of aromatic nitrogens is 3. The first-order valence-corrected chi connectivity index (χ1v) is 14.6. The second-order valence-electron chi connectivity index (χ2n) is 10.1. The Morgan fingerprint density at radius 2 is 1.55 bits per heavy atom. The Kier molecular flexibility index (Phi) is 9.89. The van der Waals surface area contributed by atoms with Gasteiger partial charge >= 0.3 is 5.69 Å². The highest BCUT2D eigenvalue weighted by atomic mass is 35.5. The largest absolute Gasteiger partial charge is 0.492 e. The zero-order valence-corrected chi connectivity index (χ0v) is 24.0. The maximum absolute atomic E-state index is 12.1. The Morgan fingerprint density at radius 3 is 2.29 bits per heavy atom. The summed E-state index contributed by atoms with van der Waals surface area (Å²) in [7, 11) is 0. The van der Waals surface area contributed by atoms with Crippen molar-refractivity contribution in [1.29, 1.82) is 0 Å². The third-order valence-electron chi connectivity index (χ3n) is 7.14. The van der Waals surface area contributed by atoms with Gasteiger partial charge in [0.05, 0.1) is 42.4 Å². The number of H-pyrrole nitrogens is 2. The van der Waals surface area contributed by atoms with Crippen molar-refractivity contribution in [3.63, 3.8) is 0 Å². The predicted molar refractivity (Wildman–Crippen MR) is 162 cm³/mol. The van der Waals surface area contributed by atoms with E-state index >= 15 is 0 Å². The number of nitrogens with zero attached hydrogens (tertiary/aromatic N) is 2. The molecule has 0 unspecified atom stereocenters. The minimum Gasteiger partial charge on any atom is -0.492 e. The highest BCUT2D eigenvalue weighted by Crippen LogP contribution is 2.30. The second-order valence-corrected chi connectivity index (χ2v) is 10.6. The molecule has 1 aliphatic heterocycles. The third-order valence-corrected chi connectivity index (χ3v) is 7.43. The molecule has 1 fully saturated rings. The van der Waals surface area contributed by atoms with E-state index in [1.807, 2.05) is 53.4 Å². The predicted octanol–water partition coefficient (Wildman–Crippen LogP) is 4.54. The Morgan fingerprint density at radius 1 is 0.881 bits per heavy atom. The molecule has 2 amide bonds. The van der Waals surface area contributed by atoms with Crippen LogP contribution in [-0.2, 0) is 14.3 Å². The fourth-order valence-corrected chi connectivity index (χ4v) is 5.14. The van der Waals surface area contributed by atoms with Crippen LogP contribution in [0.1, 0.15) is 32.1 Å². The van der Waals surface area contributed by atoms with Crippen LogP contribution in [0, 0.1) is 0 Å². The van der Waals surface area contributed by atoms with Crippen LogP contribution >= 0.6 is 11.6 Å². The number of carbonyl (C=O) groups is 2. The Hall–Kier alpha value is -4.15. The molecule has 0 bridgehead atoms. The van der Waals surface area contributed by atoms with Gasteiger partial charge < -0.3 is 24.7 Å². The van der Waals surface area contributed by atoms with Gasteiger partial charge in [0.2, 0.25) is 11.8 Å². The zero-order chi connectivity index (χ0) is 29.3. The number of benzene rings is 2. The van der Waals surface area contributed by atoms with E-state index in [1.165, 1.54) is 6.42 Å². The summed E-state index contributed by atoms with van der Waals surface area (Å²) in [6, 6.07) is 17.2. The number of rotatable bonds is 12. The molecule has 11 heteroatoms. The van der Waals surface area contributed by atoms with Crippen LogP contribution in [0.2, 0.25) is 5.02 Å². The second kappa shape index (κ2) is 14.2. The Bertz CT molecular complexity index is 1560. The summed E-state index contributed by atoms with van der Waals surface area (Å²) in [5.74, 6) is 0.723. The standard InChI is InChI=1S/C31H34ClN5O5/c32-25-20-26-30(36-31(40)34-26)35-29(25)23-6-4-21(5-7-23)22-8-10-24(11-9-22)42-19-14-33-27(38)12-17-41-18-13-28(39)37-15-2-1-3-16-37/h4-11,20H,1-3,12-19H2,(H,33,38)(H2,34,35,36,40). The number of piperidine rings is 1. The average molecular weight is 592 g/mol. The molecular weight excluding hydrogens is 558 g/mol. The number of halogens is 1. The van der Waals surface area contributed by atoms with Crippen molar-refractivity contribution < 1.29 is 19.1 Å². The number of carbonyl (C=O) groups excluding carboxylic acids is 2. The van der Waals surface area contributed by atoms with Crippen molar-refractivity contribution in [2.75, 3.05) is 39.5 Å². The van der Waals surface area contributed by atoms with Gasteiger partial charge in [0, 0.05) is 25.1 Å². The molecule has 220 valence electrons. The van der Waals surface area contributed by atoms with E-state index in [-0.39, 0.29) is 30.5 Å². The molecule has 0 spiro atoms. The number of imidazole rings is 1. The maximum atomic E-state index is 12.1. The monoisotopic (exact) mass is 591 g/mol. The van der Waals surface area contributed by atoms with E-state index in [4.69, 9.17) is 21.1 Å². The van der Waals surface area contributed by atoms with E-state index < -0.39 is 0 Å². The SMILES string of the molecule is O=C(CCOCCC(=O)N1CCCCC1)NCCOc1ccc(-c2ccc(-c3nc4[nH]c(=O)[nH]c4cc3Cl)cc2)cc1. The van der Waals surface area contributed by atoms with Gasteiger partial charge in [-0.1, -0.05) is 48.0 Å². The van der Waals surface area contributed by atoms with Crippen molar-refractivity contribution in [2.45, 2.75) is 32.1 Å². The number of aromatic amines is 2. The molecule has 5 rings (SSSR count). The summed E-state index contributed by atoms with van der Waals surface area (Å²) in [6.07, 6.45) is 3.95. The average Bonchev–Trinajstić information content (AvgIpc) is 3.38. The number of fused-ring (bicyclic) bond motifs is 1. The van der Waals surface area contributed by atoms with Gasteiger partial charge in [-0.3, -0.25) is 14.6 Å². The zero-order valence-electron chi connectivity index (χ0n) is 23.3. The fourth-order valence-electron chi connectivity index (χ4n) is 4.88. The van der Waals surface area contributed by atoms with Gasteiger partial charge in [-0.15, -0.1) is 0 Å². The van der Waals surface area contributed by atoms with E-state index in [0.717, 1.165) is 42.6 Å². The highest BCUT2D eigenvalue weighted by Gasteiger charge is 2.16. The molecule has 3 N–H and O–H groups in total. The lowest BCUT2D eigenvalue weighted by atomic mass is 10.0. The number of nitrogens with one attached hydrogen (secondary N) is 3. The normalized spacial score (nSPS) is 13.3. The molecule has 0 aliphatic carbocycles. The highest BCUT2D eigenvalue weighted by molar-refractivity contribution is 6.33. The summed E-state index contributed by atoms with van der Waals surface area (Å²) >= 11 is 6.40. The van der Waals surface area contributed by atoms with Crippen LogP contribution in [0.25, 0.3) is 33.5 Å². The lowest BCUT2D eigenvalue weighted by Crippen LogP contribution is -2.36. The minimum atomic E-state index is -0.326. The first-order valence-electron chi connectivity index (χ1n) is 14.2. The molecule has 0 radical (unpaired) electrons. The summed E-state index contributed by atoms with van der Waals surface area (Å²) in [6.45, 7) is 3.04. The molecule has 2 aromatic carbocycles. The molecule has 1 saturated heterocycles. The van der Waals surface area contributed by atoms with Crippen molar-refractivity contribution in [3.8, 4) is 28.1 Å². The van der Waals surface area contributed by atoms with Crippen LogP contribution < -0.4 is 15.7 Å². The molecule has 3 heterocycles.